The van der Waals surface area contributed by atoms with Crippen molar-refractivity contribution in [3.63, 3.8) is 0 Å². The highest BCUT2D eigenvalue weighted by Gasteiger charge is 2.33. The first-order chi connectivity index (χ1) is 12.0. The van der Waals surface area contributed by atoms with Gasteiger partial charge in [0.25, 0.3) is 0 Å². The number of hydrogen-bond acceptors (Lipinski definition) is 5. The van der Waals surface area contributed by atoms with Gasteiger partial charge < -0.3 is 9.57 Å². The Morgan fingerprint density at radius 3 is 2.28 bits per heavy atom. The van der Waals surface area contributed by atoms with Crippen molar-refractivity contribution in [3.8, 4) is 0 Å². The minimum atomic E-state index is -1.11. The van der Waals surface area contributed by atoms with Crippen LogP contribution in [0.25, 0.3) is 0 Å². The van der Waals surface area contributed by atoms with Gasteiger partial charge in [-0.25, -0.2) is 14.7 Å². The molecule has 0 fully saturated rings. The van der Waals surface area contributed by atoms with Gasteiger partial charge in [0.15, 0.2) is 5.92 Å². The molecule has 25 heavy (non-hydrogen) atoms. The summed E-state index contributed by atoms with van der Waals surface area (Å²) < 4.78 is 18.7. The molecule has 0 saturated carbocycles. The highest BCUT2D eigenvalue weighted by molar-refractivity contribution is 5.95. The second-order valence-electron chi connectivity index (χ2n) is 5.82. The smallest absolute Gasteiger partial charge is 0.346 e. The lowest BCUT2D eigenvalue weighted by molar-refractivity contribution is -0.163. The van der Waals surface area contributed by atoms with E-state index < -0.39 is 23.7 Å². The highest BCUT2D eigenvalue weighted by Crippen LogP contribution is 2.18. The summed E-state index contributed by atoms with van der Waals surface area (Å²) in [7, 11) is 0. The van der Waals surface area contributed by atoms with Crippen LogP contribution in [0.2, 0.25) is 0 Å². The number of rotatable bonds is 7. The molecular weight excluding hydrogens is 325 g/mol. The van der Waals surface area contributed by atoms with E-state index in [1.54, 1.807) is 19.9 Å². The molecule has 0 aliphatic rings. The molecule has 0 aromatic heterocycles. The van der Waals surface area contributed by atoms with Crippen molar-refractivity contribution < 1.29 is 23.6 Å². The van der Waals surface area contributed by atoms with E-state index in [-0.39, 0.29) is 18.2 Å². The van der Waals surface area contributed by atoms with Crippen molar-refractivity contribution in [2.75, 3.05) is 5.48 Å². The molecular formula is C19H20FNO4. The zero-order valence-electron chi connectivity index (χ0n) is 14.1. The minimum Gasteiger partial charge on any atom is -0.460 e. The first-order valence-corrected chi connectivity index (χ1v) is 7.91. The molecule has 132 valence electrons. The summed E-state index contributed by atoms with van der Waals surface area (Å²) >= 11 is 0. The van der Waals surface area contributed by atoms with E-state index in [4.69, 9.17) is 9.57 Å². The van der Waals surface area contributed by atoms with Crippen molar-refractivity contribution in [2.24, 2.45) is 11.8 Å². The van der Waals surface area contributed by atoms with E-state index in [0.29, 0.717) is 0 Å². The van der Waals surface area contributed by atoms with Gasteiger partial charge in [-0.15, -0.1) is 0 Å². The second kappa shape index (κ2) is 8.82. The maximum atomic E-state index is 13.5. The third kappa shape index (κ3) is 5.31. The van der Waals surface area contributed by atoms with Gasteiger partial charge in [0.1, 0.15) is 18.1 Å². The molecule has 0 heterocycles. The van der Waals surface area contributed by atoms with Crippen LogP contribution in [0.15, 0.2) is 54.6 Å². The fourth-order valence-corrected chi connectivity index (χ4v) is 2.17. The van der Waals surface area contributed by atoms with Gasteiger partial charge in [0, 0.05) is 0 Å². The second-order valence-corrected chi connectivity index (χ2v) is 5.82. The number of carbonyl (C=O) groups excluding carboxylic acids is 2. The monoisotopic (exact) mass is 345 g/mol. The maximum Gasteiger partial charge on any atom is 0.346 e. The lowest BCUT2D eigenvalue weighted by Gasteiger charge is -2.18. The number of carbonyl (C=O) groups is 2. The molecule has 0 aliphatic carbocycles. The van der Waals surface area contributed by atoms with Crippen molar-refractivity contribution >= 4 is 17.6 Å². The molecule has 0 amide bonds. The molecule has 0 radical (unpaired) electrons. The third-order valence-electron chi connectivity index (χ3n) is 3.53. The van der Waals surface area contributed by atoms with E-state index in [1.165, 1.54) is 18.2 Å². The number of esters is 1. The Labute approximate surface area is 145 Å². The van der Waals surface area contributed by atoms with Gasteiger partial charge in [-0.3, -0.25) is 4.79 Å². The van der Waals surface area contributed by atoms with E-state index in [2.05, 4.69) is 5.48 Å². The first kappa shape index (κ1) is 18.4. The number of para-hydroxylation sites is 1. The average molecular weight is 345 g/mol. The van der Waals surface area contributed by atoms with Crippen LogP contribution in [0.5, 0.6) is 0 Å². The Hall–Kier alpha value is -2.89. The third-order valence-corrected chi connectivity index (χ3v) is 3.53. The van der Waals surface area contributed by atoms with Crippen LogP contribution < -0.4 is 5.48 Å². The normalized spacial score (nSPS) is 11.7. The quantitative estimate of drug-likeness (QED) is 0.471. The predicted octanol–water partition coefficient (Wildman–Crippen LogP) is 3.71. The molecule has 0 bridgehead atoms. The lowest BCUT2D eigenvalue weighted by Crippen LogP contribution is -2.33. The van der Waals surface area contributed by atoms with E-state index in [0.717, 1.165) is 5.56 Å². The summed E-state index contributed by atoms with van der Waals surface area (Å²) in [5, 5.41) is 0. The standard InChI is InChI=1S/C19H20FNO4/c1-13(2)17(18(22)24-12-14-8-4-3-5-9-14)19(23)25-21-16-11-7-6-10-15(16)20/h3-11,13,17,21H,12H2,1-2H3/t17-/m0/s1. The molecule has 1 N–H and O–H groups in total. The fraction of sp³-hybridized carbons (Fsp3) is 0.263. The number of halogens is 1. The Bertz CT molecular complexity index is 718. The number of anilines is 1. The molecule has 0 aliphatic heterocycles. The lowest BCUT2D eigenvalue weighted by atomic mass is 9.96. The van der Waals surface area contributed by atoms with Crippen LogP contribution in [0.3, 0.4) is 0 Å². The Morgan fingerprint density at radius 1 is 1.00 bits per heavy atom. The van der Waals surface area contributed by atoms with Crippen LogP contribution in [-0.4, -0.2) is 11.9 Å². The van der Waals surface area contributed by atoms with Crippen LogP contribution >= 0.6 is 0 Å². The minimum absolute atomic E-state index is 0.0102. The Balaban J connectivity index is 1.95. The zero-order chi connectivity index (χ0) is 18.2. The SMILES string of the molecule is CC(C)[C@@H](C(=O)OCc1ccccc1)C(=O)ONc1ccccc1F. The number of nitrogens with one attached hydrogen (secondary N) is 1. The molecule has 0 saturated heterocycles. The zero-order valence-corrected chi connectivity index (χ0v) is 14.1. The summed E-state index contributed by atoms with van der Waals surface area (Å²) in [6.07, 6.45) is 0. The van der Waals surface area contributed by atoms with Gasteiger partial charge in [-0.2, -0.15) is 0 Å². The predicted molar refractivity (Wildman–Crippen MR) is 90.7 cm³/mol. The largest absolute Gasteiger partial charge is 0.460 e. The molecule has 2 aromatic rings. The summed E-state index contributed by atoms with van der Waals surface area (Å²) in [5.41, 5.74) is 3.07. The molecule has 6 heteroatoms. The molecule has 1 atom stereocenters. The number of hydrogen-bond donors (Lipinski definition) is 1. The topological polar surface area (TPSA) is 64.6 Å². The number of benzene rings is 2. The molecule has 0 unspecified atom stereocenters. The summed E-state index contributed by atoms with van der Waals surface area (Å²) in [4.78, 5) is 29.3. The molecule has 5 nitrogen and oxygen atoms in total. The van der Waals surface area contributed by atoms with Crippen molar-refractivity contribution in [2.45, 2.75) is 20.5 Å². The molecule has 2 rings (SSSR count). The molecule has 0 spiro atoms. The van der Waals surface area contributed by atoms with Crippen LogP contribution in [0.4, 0.5) is 10.1 Å². The van der Waals surface area contributed by atoms with Crippen LogP contribution in [-0.2, 0) is 25.8 Å². The van der Waals surface area contributed by atoms with Gasteiger partial charge >= 0.3 is 11.9 Å². The maximum absolute atomic E-state index is 13.5. The average Bonchev–Trinajstić information content (AvgIpc) is 2.60. The van der Waals surface area contributed by atoms with E-state index in [1.807, 2.05) is 30.3 Å². The van der Waals surface area contributed by atoms with E-state index in [9.17, 15) is 14.0 Å². The van der Waals surface area contributed by atoms with Gasteiger partial charge in [0.05, 0.1) is 0 Å². The van der Waals surface area contributed by atoms with Crippen molar-refractivity contribution in [1.29, 1.82) is 0 Å². The Kier molecular flexibility index (Phi) is 6.51. The first-order valence-electron chi connectivity index (χ1n) is 7.91. The van der Waals surface area contributed by atoms with Crippen molar-refractivity contribution in [3.05, 3.63) is 66.0 Å². The van der Waals surface area contributed by atoms with Crippen LogP contribution in [0, 0.1) is 17.7 Å². The summed E-state index contributed by atoms with van der Waals surface area (Å²) in [6.45, 7) is 3.48. The molecule has 2 aromatic carbocycles. The summed E-state index contributed by atoms with van der Waals surface area (Å²) in [5.74, 6) is -3.51. The fourth-order valence-electron chi connectivity index (χ4n) is 2.17. The van der Waals surface area contributed by atoms with Gasteiger partial charge in [-0.05, 0) is 23.6 Å². The van der Waals surface area contributed by atoms with E-state index >= 15 is 0 Å². The summed E-state index contributed by atoms with van der Waals surface area (Å²) in [6, 6.07) is 14.9. The van der Waals surface area contributed by atoms with Gasteiger partial charge in [0.2, 0.25) is 0 Å². The number of ether oxygens (including phenoxy) is 1. The van der Waals surface area contributed by atoms with Crippen LogP contribution in [0.1, 0.15) is 19.4 Å². The Morgan fingerprint density at radius 2 is 1.64 bits per heavy atom. The van der Waals surface area contributed by atoms with Gasteiger partial charge in [-0.1, -0.05) is 56.3 Å². The van der Waals surface area contributed by atoms with Crippen molar-refractivity contribution in [1.82, 2.24) is 0 Å². The highest BCUT2D eigenvalue weighted by atomic mass is 19.1.